The van der Waals surface area contributed by atoms with Crippen LogP contribution in [0.15, 0.2) is 44.8 Å². The second-order valence-corrected chi connectivity index (χ2v) is 8.27. The van der Waals surface area contributed by atoms with Crippen LogP contribution >= 0.6 is 31.9 Å². The summed E-state index contributed by atoms with van der Waals surface area (Å²) in [5.41, 5.74) is 5.49. The highest BCUT2D eigenvalue weighted by molar-refractivity contribution is 9.12. The van der Waals surface area contributed by atoms with Gasteiger partial charge in [0.15, 0.2) is 5.70 Å². The first-order chi connectivity index (χ1) is 12.2. The third-order valence-corrected chi connectivity index (χ3v) is 7.61. The zero-order valence-corrected chi connectivity index (χ0v) is 17.9. The molecule has 4 heterocycles. The van der Waals surface area contributed by atoms with Gasteiger partial charge in [0, 0.05) is 35.1 Å². The van der Waals surface area contributed by atoms with Crippen LogP contribution in [0.3, 0.4) is 0 Å². The summed E-state index contributed by atoms with van der Waals surface area (Å²) in [6, 6.07) is 3.73. The van der Waals surface area contributed by atoms with E-state index in [0.29, 0.717) is 22.8 Å². The van der Waals surface area contributed by atoms with Crippen molar-refractivity contribution < 1.29 is 13.1 Å². The van der Waals surface area contributed by atoms with Crippen molar-refractivity contribution in [1.82, 2.24) is 9.46 Å². The Morgan fingerprint density at radius 1 is 1.08 bits per heavy atom. The van der Waals surface area contributed by atoms with Gasteiger partial charge in [0.25, 0.3) is 0 Å². The molecule has 8 heteroatoms. The van der Waals surface area contributed by atoms with E-state index >= 15 is 8.63 Å². The van der Waals surface area contributed by atoms with Crippen molar-refractivity contribution in [2.45, 2.75) is 27.7 Å². The molecule has 0 saturated heterocycles. The van der Waals surface area contributed by atoms with Gasteiger partial charge in [-0.2, -0.15) is 0 Å². The van der Waals surface area contributed by atoms with E-state index in [9.17, 15) is 0 Å². The van der Waals surface area contributed by atoms with E-state index in [4.69, 9.17) is 0 Å². The molecule has 26 heavy (non-hydrogen) atoms. The molecule has 2 aromatic rings. The molecule has 0 amide bonds. The summed E-state index contributed by atoms with van der Waals surface area (Å²) >= 11 is 7.02. The topological polar surface area (TPSA) is 20.8 Å². The molecule has 2 aliphatic heterocycles. The Hall–Kier alpha value is -1.54. The monoisotopic (exact) mass is 481 g/mol. The highest BCUT2D eigenvalue weighted by atomic mass is 79.9. The summed E-state index contributed by atoms with van der Waals surface area (Å²) in [5, 5.41) is 0. The molecule has 0 spiro atoms. The summed E-state index contributed by atoms with van der Waals surface area (Å²) in [5.74, 6) is 0. The summed E-state index contributed by atoms with van der Waals surface area (Å²) in [4.78, 5) is 4.08. The first kappa shape index (κ1) is 17.9. The van der Waals surface area contributed by atoms with E-state index in [2.05, 4.69) is 36.8 Å². The van der Waals surface area contributed by atoms with Crippen LogP contribution in [-0.2, 0) is 0 Å². The number of pyridine rings is 1. The molecule has 0 bridgehead atoms. The maximum atomic E-state index is 15.7. The molecule has 0 saturated carbocycles. The lowest BCUT2D eigenvalue weighted by atomic mass is 9.84. The van der Waals surface area contributed by atoms with Crippen LogP contribution in [-0.4, -0.2) is 26.6 Å². The van der Waals surface area contributed by atoms with E-state index < -0.39 is 6.97 Å². The Labute approximate surface area is 167 Å². The third kappa shape index (κ3) is 2.08. The van der Waals surface area contributed by atoms with Gasteiger partial charge in [0.1, 0.15) is 5.71 Å². The second-order valence-electron chi connectivity index (χ2n) is 6.69. The van der Waals surface area contributed by atoms with Gasteiger partial charge < -0.3 is 17.6 Å². The fourth-order valence-corrected chi connectivity index (χ4v) is 4.83. The van der Waals surface area contributed by atoms with Gasteiger partial charge in [-0.05, 0) is 81.6 Å². The number of rotatable bonds is 1. The van der Waals surface area contributed by atoms with Gasteiger partial charge in [-0.15, -0.1) is 0 Å². The van der Waals surface area contributed by atoms with Gasteiger partial charge in [-0.25, -0.2) is 0 Å². The van der Waals surface area contributed by atoms with E-state index in [0.717, 1.165) is 31.2 Å². The standard InChI is InChI=1S/C18H16BBr2F2N3/c1-9-15(20)11(3)25-17(9)14(13-5-7-24-8-6-13)18-10(2)16(21)12(4)26(18)19(25,22)23/h5-8H,1-4H3. The second kappa shape index (κ2) is 5.73. The normalized spacial score (nSPS) is 18.6. The molecular formula is C18H16BBr2F2N3. The molecule has 4 rings (SSSR count). The van der Waals surface area contributed by atoms with E-state index in [1.165, 1.54) is 8.96 Å². The zero-order chi connectivity index (χ0) is 19.0. The summed E-state index contributed by atoms with van der Waals surface area (Å²) < 4.78 is 35.3. The van der Waals surface area contributed by atoms with Crippen LogP contribution < -0.4 is 0 Å². The van der Waals surface area contributed by atoms with E-state index in [-0.39, 0.29) is 0 Å². The van der Waals surface area contributed by atoms with Crippen molar-refractivity contribution in [3.63, 3.8) is 0 Å². The molecule has 2 aliphatic rings. The van der Waals surface area contributed by atoms with Gasteiger partial charge in [0.2, 0.25) is 0 Å². The number of fused-ring (bicyclic) bond motifs is 2. The largest absolute Gasteiger partial charge is 0.737 e. The van der Waals surface area contributed by atoms with Gasteiger partial charge in [-0.1, -0.05) is 0 Å². The molecule has 2 aromatic heterocycles. The van der Waals surface area contributed by atoms with Crippen LogP contribution in [0.25, 0.3) is 5.57 Å². The average Bonchev–Trinajstić information content (AvgIpc) is 2.98. The third-order valence-electron chi connectivity index (χ3n) is 5.27. The first-order valence-electron chi connectivity index (χ1n) is 8.24. The number of halogens is 4. The Morgan fingerprint density at radius 3 is 2.31 bits per heavy atom. The SMILES string of the molecule is CC1=C(Br)C(C)=[N+]2C1=C(c1ccncc1)c1c(C)c(Br)c(C)n1[B-]2(F)F. The van der Waals surface area contributed by atoms with Crippen LogP contribution in [0.2, 0.25) is 0 Å². The summed E-state index contributed by atoms with van der Waals surface area (Å²) in [7, 11) is 0. The van der Waals surface area contributed by atoms with Crippen molar-refractivity contribution >= 4 is 50.1 Å². The Bertz CT molecular complexity index is 1070. The van der Waals surface area contributed by atoms with Crippen molar-refractivity contribution in [3.05, 3.63) is 67.3 Å². The summed E-state index contributed by atoms with van der Waals surface area (Å²) in [6.45, 7) is 3.21. The summed E-state index contributed by atoms with van der Waals surface area (Å²) in [6.07, 6.45) is 3.38. The predicted octanol–water partition coefficient (Wildman–Crippen LogP) is 5.41. The quantitative estimate of drug-likeness (QED) is 0.497. The molecule has 0 unspecified atom stereocenters. The molecule has 0 fully saturated rings. The number of nitrogens with zero attached hydrogens (tertiary/aromatic N) is 3. The van der Waals surface area contributed by atoms with Crippen molar-refractivity contribution in [3.8, 4) is 0 Å². The van der Waals surface area contributed by atoms with Crippen molar-refractivity contribution in [1.29, 1.82) is 0 Å². The van der Waals surface area contributed by atoms with Crippen LogP contribution in [0.5, 0.6) is 0 Å². The smallest absolute Gasteiger partial charge is 0.392 e. The maximum Gasteiger partial charge on any atom is 0.737 e. The van der Waals surface area contributed by atoms with Crippen molar-refractivity contribution in [2.24, 2.45) is 0 Å². The van der Waals surface area contributed by atoms with E-state index in [1.54, 1.807) is 26.2 Å². The molecular weight excluding hydrogens is 467 g/mol. The lowest BCUT2D eigenvalue weighted by Gasteiger charge is -2.33. The Morgan fingerprint density at radius 2 is 1.69 bits per heavy atom. The van der Waals surface area contributed by atoms with Gasteiger partial charge in [-0.3, -0.25) is 4.98 Å². The minimum Gasteiger partial charge on any atom is -0.392 e. The molecule has 0 radical (unpaired) electrons. The molecule has 0 atom stereocenters. The number of aromatic nitrogens is 2. The predicted molar refractivity (Wildman–Crippen MR) is 108 cm³/mol. The fraction of sp³-hybridized carbons (Fsp3) is 0.222. The van der Waals surface area contributed by atoms with Crippen LogP contribution in [0.4, 0.5) is 8.63 Å². The molecule has 0 aromatic carbocycles. The highest BCUT2D eigenvalue weighted by Crippen LogP contribution is 2.47. The lowest BCUT2D eigenvalue weighted by molar-refractivity contribution is -0.363. The first-order valence-corrected chi connectivity index (χ1v) is 9.82. The van der Waals surface area contributed by atoms with Crippen LogP contribution in [0, 0.1) is 13.8 Å². The highest BCUT2D eigenvalue weighted by Gasteiger charge is 2.56. The number of allylic oxidation sites excluding steroid dienone is 2. The molecule has 134 valence electrons. The zero-order valence-electron chi connectivity index (χ0n) is 14.7. The average molecular weight is 483 g/mol. The Balaban J connectivity index is 2.25. The van der Waals surface area contributed by atoms with Crippen LogP contribution in [0.1, 0.15) is 36.4 Å². The molecule has 0 N–H and O–H groups in total. The minimum absolute atomic E-state index is 0.529. The van der Waals surface area contributed by atoms with Gasteiger partial charge in [0.05, 0.1) is 10.1 Å². The van der Waals surface area contributed by atoms with Crippen molar-refractivity contribution in [2.75, 3.05) is 0 Å². The van der Waals surface area contributed by atoms with E-state index in [1.807, 2.05) is 26.0 Å². The fourth-order valence-electron chi connectivity index (χ4n) is 4.07. The number of hydrogen-bond donors (Lipinski definition) is 0. The maximum absolute atomic E-state index is 15.7. The molecule has 0 aliphatic carbocycles. The molecule has 3 nitrogen and oxygen atoms in total. The minimum atomic E-state index is -4.00. The number of hydrogen-bond acceptors (Lipinski definition) is 1. The van der Waals surface area contributed by atoms with Gasteiger partial charge >= 0.3 is 6.97 Å². The lowest BCUT2D eigenvalue weighted by Crippen LogP contribution is -2.51. The Kier molecular flexibility index (Phi) is 3.93.